The molecule has 0 aliphatic heterocycles. The SMILES string of the molecule is CCO[PH](=O)O.NC1CCCC1. The topological polar surface area (TPSA) is 72.5 Å². The highest BCUT2D eigenvalue weighted by molar-refractivity contribution is 7.32. The third-order valence-electron chi connectivity index (χ3n) is 1.67. The lowest BCUT2D eigenvalue weighted by atomic mass is 10.3. The predicted octanol–water partition coefficient (Wildman–Crippen LogP) is 1.29. The summed E-state index contributed by atoms with van der Waals surface area (Å²) in [5.74, 6) is 0. The summed E-state index contributed by atoms with van der Waals surface area (Å²) in [5, 5.41) is 0. The molecule has 0 spiro atoms. The molecule has 1 fully saturated rings. The molecule has 0 radical (unpaired) electrons. The molecule has 1 aliphatic rings. The summed E-state index contributed by atoms with van der Waals surface area (Å²) < 4.78 is 13.7. The van der Waals surface area contributed by atoms with Crippen molar-refractivity contribution in [3.8, 4) is 0 Å². The van der Waals surface area contributed by atoms with E-state index in [1.807, 2.05) is 0 Å². The Bertz CT molecular complexity index is 126. The lowest BCUT2D eigenvalue weighted by Gasteiger charge is -1.92. The van der Waals surface area contributed by atoms with Gasteiger partial charge in [0.1, 0.15) is 0 Å². The summed E-state index contributed by atoms with van der Waals surface area (Å²) in [6.45, 7) is 1.98. The van der Waals surface area contributed by atoms with E-state index in [0.717, 1.165) is 0 Å². The molecule has 4 nitrogen and oxygen atoms in total. The fourth-order valence-electron chi connectivity index (χ4n) is 1.08. The lowest BCUT2D eigenvalue weighted by Crippen LogP contribution is -2.13. The number of hydrogen-bond donors (Lipinski definition) is 2. The highest BCUT2D eigenvalue weighted by Crippen LogP contribution is 2.14. The van der Waals surface area contributed by atoms with Crippen LogP contribution in [-0.4, -0.2) is 17.5 Å². The minimum Gasteiger partial charge on any atom is -0.328 e. The molecule has 0 aromatic heterocycles. The Morgan fingerprint density at radius 2 is 2.08 bits per heavy atom. The molecule has 0 saturated heterocycles. The Morgan fingerprint density at radius 1 is 1.58 bits per heavy atom. The third kappa shape index (κ3) is 8.21. The van der Waals surface area contributed by atoms with Gasteiger partial charge in [0.2, 0.25) is 0 Å². The molecule has 12 heavy (non-hydrogen) atoms. The van der Waals surface area contributed by atoms with Crippen molar-refractivity contribution in [3.05, 3.63) is 0 Å². The zero-order chi connectivity index (χ0) is 9.40. The first-order valence-corrected chi connectivity index (χ1v) is 5.54. The van der Waals surface area contributed by atoms with Crippen molar-refractivity contribution in [1.29, 1.82) is 0 Å². The summed E-state index contributed by atoms with van der Waals surface area (Å²) in [6, 6.07) is 0.546. The second kappa shape index (κ2) is 7.74. The van der Waals surface area contributed by atoms with Gasteiger partial charge in [-0.2, -0.15) is 0 Å². The molecule has 5 heteroatoms. The molecular weight excluding hydrogens is 177 g/mol. The minimum atomic E-state index is -2.64. The monoisotopic (exact) mass is 195 g/mol. The van der Waals surface area contributed by atoms with E-state index in [0.29, 0.717) is 12.6 Å². The van der Waals surface area contributed by atoms with Crippen LogP contribution in [0.25, 0.3) is 0 Å². The predicted molar refractivity (Wildman–Crippen MR) is 49.3 cm³/mol. The van der Waals surface area contributed by atoms with E-state index in [2.05, 4.69) is 4.52 Å². The number of rotatable bonds is 2. The zero-order valence-electron chi connectivity index (χ0n) is 7.45. The van der Waals surface area contributed by atoms with Gasteiger partial charge < -0.3 is 15.2 Å². The van der Waals surface area contributed by atoms with Crippen molar-refractivity contribution in [3.63, 3.8) is 0 Å². The first-order chi connectivity index (χ1) is 5.66. The Kier molecular flexibility index (Phi) is 7.81. The first kappa shape index (κ1) is 12.1. The summed E-state index contributed by atoms with van der Waals surface area (Å²) >= 11 is 0. The average Bonchev–Trinajstić information content (AvgIpc) is 2.40. The highest BCUT2D eigenvalue weighted by atomic mass is 31.1. The number of hydrogen-bond acceptors (Lipinski definition) is 3. The second-order valence-electron chi connectivity index (χ2n) is 2.74. The molecular formula is C7H18NO3P. The van der Waals surface area contributed by atoms with Crippen LogP contribution in [-0.2, 0) is 9.09 Å². The first-order valence-electron chi connectivity index (χ1n) is 4.28. The lowest BCUT2D eigenvalue weighted by molar-refractivity contribution is 0.297. The van der Waals surface area contributed by atoms with Gasteiger partial charge in [0.25, 0.3) is 0 Å². The largest absolute Gasteiger partial charge is 0.328 e. The maximum atomic E-state index is 9.56. The van der Waals surface area contributed by atoms with Gasteiger partial charge in [0.15, 0.2) is 0 Å². The van der Waals surface area contributed by atoms with Gasteiger partial charge >= 0.3 is 8.25 Å². The van der Waals surface area contributed by atoms with Gasteiger partial charge in [0.05, 0.1) is 6.61 Å². The van der Waals surface area contributed by atoms with Crippen molar-refractivity contribution in [1.82, 2.24) is 0 Å². The maximum absolute atomic E-state index is 9.56. The van der Waals surface area contributed by atoms with Crippen molar-refractivity contribution >= 4 is 8.25 Å². The van der Waals surface area contributed by atoms with Crippen LogP contribution in [0.15, 0.2) is 0 Å². The summed E-state index contributed by atoms with van der Waals surface area (Å²) in [4.78, 5) is 7.88. The van der Waals surface area contributed by atoms with Crippen LogP contribution in [0.2, 0.25) is 0 Å². The van der Waals surface area contributed by atoms with Crippen molar-refractivity contribution in [2.24, 2.45) is 5.73 Å². The Labute approximate surface area is 74.1 Å². The van der Waals surface area contributed by atoms with E-state index < -0.39 is 8.25 Å². The van der Waals surface area contributed by atoms with Gasteiger partial charge in [-0.25, -0.2) is 0 Å². The van der Waals surface area contributed by atoms with Crippen LogP contribution < -0.4 is 5.73 Å². The second-order valence-corrected chi connectivity index (χ2v) is 3.56. The molecule has 1 saturated carbocycles. The van der Waals surface area contributed by atoms with Crippen LogP contribution >= 0.6 is 8.25 Å². The van der Waals surface area contributed by atoms with Crippen molar-refractivity contribution in [2.75, 3.05) is 6.61 Å². The van der Waals surface area contributed by atoms with Crippen LogP contribution in [0.5, 0.6) is 0 Å². The van der Waals surface area contributed by atoms with Crippen LogP contribution in [0.1, 0.15) is 32.6 Å². The molecule has 1 unspecified atom stereocenters. The van der Waals surface area contributed by atoms with E-state index >= 15 is 0 Å². The maximum Gasteiger partial charge on any atom is 0.316 e. The molecule has 0 amide bonds. The molecule has 74 valence electrons. The molecule has 0 aromatic carbocycles. The van der Waals surface area contributed by atoms with Gasteiger partial charge in [-0.1, -0.05) is 12.8 Å². The van der Waals surface area contributed by atoms with E-state index in [1.54, 1.807) is 6.92 Å². The Hall–Kier alpha value is 0.110. The third-order valence-corrected chi connectivity index (χ3v) is 2.20. The van der Waals surface area contributed by atoms with Gasteiger partial charge in [-0.05, 0) is 19.8 Å². The van der Waals surface area contributed by atoms with Crippen molar-refractivity contribution < 1.29 is 14.0 Å². The molecule has 0 bridgehead atoms. The summed E-state index contributed by atoms with van der Waals surface area (Å²) in [7, 11) is -2.64. The van der Waals surface area contributed by atoms with Crippen LogP contribution in [0.4, 0.5) is 0 Å². The van der Waals surface area contributed by atoms with Crippen molar-refractivity contribution in [2.45, 2.75) is 38.6 Å². The van der Waals surface area contributed by atoms with E-state index in [1.165, 1.54) is 25.7 Å². The Morgan fingerprint density at radius 3 is 2.17 bits per heavy atom. The summed E-state index contributed by atoms with van der Waals surface area (Å²) in [5.41, 5.74) is 5.53. The fraction of sp³-hybridized carbons (Fsp3) is 1.00. The highest BCUT2D eigenvalue weighted by Gasteiger charge is 2.07. The van der Waals surface area contributed by atoms with Crippen LogP contribution in [0, 0.1) is 0 Å². The normalized spacial score (nSPS) is 19.9. The van der Waals surface area contributed by atoms with E-state index in [4.69, 9.17) is 10.6 Å². The smallest absolute Gasteiger partial charge is 0.316 e. The average molecular weight is 195 g/mol. The number of nitrogens with two attached hydrogens (primary N) is 1. The van der Waals surface area contributed by atoms with E-state index in [-0.39, 0.29) is 0 Å². The van der Waals surface area contributed by atoms with Crippen LogP contribution in [0.3, 0.4) is 0 Å². The molecule has 1 rings (SSSR count). The fourth-order valence-corrected chi connectivity index (χ4v) is 1.33. The standard InChI is InChI=1S/C5H11N.C2H7O3P/c6-5-3-1-2-4-5;1-2-5-6(3)4/h5H,1-4,6H2;6H,2H2,1H3,(H,3,4). The summed E-state index contributed by atoms with van der Waals surface area (Å²) in [6.07, 6.45) is 5.25. The zero-order valence-corrected chi connectivity index (χ0v) is 8.45. The molecule has 3 N–H and O–H groups in total. The van der Waals surface area contributed by atoms with E-state index in [9.17, 15) is 4.57 Å². The van der Waals surface area contributed by atoms with Gasteiger partial charge in [0, 0.05) is 6.04 Å². The molecule has 1 aliphatic carbocycles. The minimum absolute atomic E-state index is 0.314. The van der Waals surface area contributed by atoms with Gasteiger partial charge in [-0.15, -0.1) is 0 Å². The molecule has 0 aromatic rings. The quantitative estimate of drug-likeness (QED) is 0.651. The Balaban J connectivity index is 0.000000202. The molecule has 0 heterocycles. The van der Waals surface area contributed by atoms with Gasteiger partial charge in [-0.3, -0.25) is 4.57 Å². The molecule has 1 atom stereocenters.